The number of fused-ring (bicyclic) bond motifs is 2. The predicted molar refractivity (Wildman–Crippen MR) is 57.5 cm³/mol. The Morgan fingerprint density at radius 3 is 2.92 bits per heavy atom. The number of nitrogens with zero attached hydrogens (tertiary/aromatic N) is 1. The number of allylic oxidation sites excluding steroid dienone is 3. The molecule has 2 bridgehead atoms. The summed E-state index contributed by atoms with van der Waals surface area (Å²) in [4.78, 5) is 4.24. The first-order valence-electron chi connectivity index (χ1n) is 4.72. The fraction of sp³-hybridized carbons (Fsp3) is 0.364. The first-order chi connectivity index (χ1) is 6.34. The van der Waals surface area contributed by atoms with Crippen LogP contribution in [0.4, 0.5) is 0 Å². The molecule has 0 atom stereocenters. The van der Waals surface area contributed by atoms with Crippen LogP contribution in [0.5, 0.6) is 0 Å². The Hall–Kier alpha value is -1.31. The zero-order chi connectivity index (χ0) is 9.68. The Labute approximate surface area is 79.8 Å². The molecular formula is C11H16N2. The third-order valence-corrected chi connectivity index (χ3v) is 1.78. The van der Waals surface area contributed by atoms with E-state index in [1.54, 1.807) is 0 Å². The van der Waals surface area contributed by atoms with Crippen molar-refractivity contribution >= 4 is 5.71 Å². The van der Waals surface area contributed by atoms with Crippen molar-refractivity contribution in [1.82, 2.24) is 5.32 Å². The standard InChI is InChI=1S/C9H10N2.C2H6/c1-7-4-8-2-3-10-9(5-8)6-11-7;1-2/h2-4,6,10H,5H2,1H3;1-2H3. The lowest BCUT2D eigenvalue weighted by molar-refractivity contribution is 0.935. The van der Waals surface area contributed by atoms with Gasteiger partial charge in [-0.1, -0.05) is 13.8 Å². The van der Waals surface area contributed by atoms with Crippen LogP contribution in [-0.2, 0) is 0 Å². The normalized spacial score (nSPS) is 18.2. The van der Waals surface area contributed by atoms with Crippen molar-refractivity contribution in [3.8, 4) is 0 Å². The fourth-order valence-electron chi connectivity index (χ4n) is 1.25. The molecule has 0 aliphatic carbocycles. The molecule has 0 unspecified atom stereocenters. The van der Waals surface area contributed by atoms with Gasteiger partial charge in [0.2, 0.25) is 0 Å². The molecule has 0 radical (unpaired) electrons. The van der Waals surface area contributed by atoms with E-state index >= 15 is 0 Å². The molecule has 0 saturated heterocycles. The fourth-order valence-corrected chi connectivity index (χ4v) is 1.25. The Morgan fingerprint density at radius 2 is 2.15 bits per heavy atom. The lowest BCUT2D eigenvalue weighted by atomic mass is 10.1. The van der Waals surface area contributed by atoms with Crippen molar-refractivity contribution in [1.29, 1.82) is 0 Å². The average Bonchev–Trinajstić information content (AvgIpc) is 2.29. The lowest BCUT2D eigenvalue weighted by Gasteiger charge is -2.10. The van der Waals surface area contributed by atoms with Crippen LogP contribution in [-0.4, -0.2) is 5.71 Å². The van der Waals surface area contributed by atoms with Crippen LogP contribution in [0, 0.1) is 0 Å². The maximum absolute atomic E-state index is 4.24. The van der Waals surface area contributed by atoms with Crippen LogP contribution in [0.2, 0.25) is 0 Å². The van der Waals surface area contributed by atoms with Crippen LogP contribution in [0.1, 0.15) is 27.2 Å². The van der Waals surface area contributed by atoms with E-state index in [0.717, 1.165) is 12.1 Å². The quantitative estimate of drug-likeness (QED) is 0.603. The number of hydrogen-bond donors (Lipinski definition) is 1. The summed E-state index contributed by atoms with van der Waals surface area (Å²) in [5, 5.41) is 3.14. The zero-order valence-electron chi connectivity index (χ0n) is 8.46. The van der Waals surface area contributed by atoms with Crippen LogP contribution < -0.4 is 5.32 Å². The SMILES string of the molecule is CC.CC1=NC=C2CC(=C1)C=CN2. The molecule has 70 valence electrons. The van der Waals surface area contributed by atoms with Gasteiger partial charge < -0.3 is 5.32 Å². The molecule has 0 amide bonds. The molecule has 2 heterocycles. The maximum Gasteiger partial charge on any atom is 0.0467 e. The van der Waals surface area contributed by atoms with Crippen molar-refractivity contribution in [3.63, 3.8) is 0 Å². The van der Waals surface area contributed by atoms with Crippen molar-refractivity contribution in [2.24, 2.45) is 4.99 Å². The summed E-state index contributed by atoms with van der Waals surface area (Å²) >= 11 is 0. The minimum atomic E-state index is 0.983. The second-order valence-corrected chi connectivity index (χ2v) is 2.80. The second kappa shape index (κ2) is 4.65. The Balaban J connectivity index is 0.000000396. The molecule has 1 N–H and O–H groups in total. The average molecular weight is 176 g/mol. The van der Waals surface area contributed by atoms with Gasteiger partial charge in [0.1, 0.15) is 0 Å². The highest BCUT2D eigenvalue weighted by molar-refractivity contribution is 5.94. The molecule has 13 heavy (non-hydrogen) atoms. The summed E-state index contributed by atoms with van der Waals surface area (Å²) < 4.78 is 0. The van der Waals surface area contributed by atoms with Gasteiger partial charge in [0.25, 0.3) is 0 Å². The van der Waals surface area contributed by atoms with Gasteiger partial charge in [-0.15, -0.1) is 0 Å². The van der Waals surface area contributed by atoms with Gasteiger partial charge in [0.15, 0.2) is 0 Å². The van der Waals surface area contributed by atoms with Crippen molar-refractivity contribution in [2.45, 2.75) is 27.2 Å². The molecule has 0 fully saturated rings. The van der Waals surface area contributed by atoms with Gasteiger partial charge in [-0.05, 0) is 24.6 Å². The third kappa shape index (κ3) is 2.58. The summed E-state index contributed by atoms with van der Waals surface area (Å²) in [5.74, 6) is 0. The highest BCUT2D eigenvalue weighted by Crippen LogP contribution is 2.17. The third-order valence-electron chi connectivity index (χ3n) is 1.78. The maximum atomic E-state index is 4.24. The summed E-state index contributed by atoms with van der Waals surface area (Å²) in [5.41, 5.74) is 3.58. The molecule has 2 rings (SSSR count). The largest absolute Gasteiger partial charge is 0.363 e. The van der Waals surface area contributed by atoms with Crippen molar-refractivity contribution in [3.05, 3.63) is 35.8 Å². The Morgan fingerprint density at radius 1 is 1.38 bits per heavy atom. The van der Waals surface area contributed by atoms with Crippen molar-refractivity contribution < 1.29 is 0 Å². The summed E-state index contributed by atoms with van der Waals surface area (Å²) in [7, 11) is 0. The molecular weight excluding hydrogens is 160 g/mol. The van der Waals surface area contributed by atoms with E-state index in [2.05, 4.69) is 22.5 Å². The predicted octanol–water partition coefficient (Wildman–Crippen LogP) is 2.76. The van der Waals surface area contributed by atoms with E-state index in [4.69, 9.17) is 0 Å². The van der Waals surface area contributed by atoms with E-state index in [1.165, 1.54) is 11.3 Å². The van der Waals surface area contributed by atoms with Gasteiger partial charge in [-0.3, -0.25) is 4.99 Å². The first kappa shape index (κ1) is 9.78. The van der Waals surface area contributed by atoms with E-state index in [0.29, 0.717) is 0 Å². The number of aliphatic imine (C=N–C) groups is 1. The molecule has 2 nitrogen and oxygen atoms in total. The van der Waals surface area contributed by atoms with Gasteiger partial charge in [0.05, 0.1) is 0 Å². The molecule has 2 aliphatic heterocycles. The molecule has 0 aromatic carbocycles. The van der Waals surface area contributed by atoms with Crippen molar-refractivity contribution in [2.75, 3.05) is 0 Å². The second-order valence-electron chi connectivity index (χ2n) is 2.80. The molecule has 0 aromatic heterocycles. The van der Waals surface area contributed by atoms with E-state index in [1.807, 2.05) is 33.2 Å². The smallest absolute Gasteiger partial charge is 0.0467 e. The van der Waals surface area contributed by atoms with E-state index in [-0.39, 0.29) is 0 Å². The van der Waals surface area contributed by atoms with Crippen LogP contribution in [0.25, 0.3) is 0 Å². The van der Waals surface area contributed by atoms with Gasteiger partial charge in [0, 0.05) is 30.2 Å². The number of hydrogen-bond acceptors (Lipinski definition) is 2. The Bertz CT molecular complexity index is 293. The topological polar surface area (TPSA) is 24.4 Å². The molecule has 2 aliphatic rings. The molecule has 0 spiro atoms. The number of rotatable bonds is 0. The lowest BCUT2D eigenvalue weighted by Crippen LogP contribution is -2.09. The highest BCUT2D eigenvalue weighted by atomic mass is 14.9. The van der Waals surface area contributed by atoms with Crippen LogP contribution >= 0.6 is 0 Å². The summed E-state index contributed by atoms with van der Waals surface area (Å²) in [6.45, 7) is 6.01. The summed E-state index contributed by atoms with van der Waals surface area (Å²) in [6, 6.07) is 0. The Kier molecular flexibility index (Phi) is 3.50. The molecule has 0 aromatic rings. The van der Waals surface area contributed by atoms with E-state index in [9.17, 15) is 0 Å². The number of nitrogens with one attached hydrogen (secondary N) is 1. The van der Waals surface area contributed by atoms with Crippen LogP contribution in [0.3, 0.4) is 0 Å². The van der Waals surface area contributed by atoms with Crippen LogP contribution in [0.15, 0.2) is 40.8 Å². The van der Waals surface area contributed by atoms with Gasteiger partial charge in [-0.2, -0.15) is 0 Å². The van der Waals surface area contributed by atoms with Gasteiger partial charge in [-0.25, -0.2) is 0 Å². The van der Waals surface area contributed by atoms with Gasteiger partial charge >= 0.3 is 0 Å². The first-order valence-corrected chi connectivity index (χ1v) is 4.72. The minimum Gasteiger partial charge on any atom is -0.363 e. The zero-order valence-corrected chi connectivity index (χ0v) is 8.46. The minimum absolute atomic E-state index is 0.983. The summed E-state index contributed by atoms with van der Waals surface area (Å²) in [6.07, 6.45) is 9.03. The highest BCUT2D eigenvalue weighted by Gasteiger charge is 2.06. The molecule has 2 heteroatoms. The van der Waals surface area contributed by atoms with E-state index < -0.39 is 0 Å². The molecule has 0 saturated carbocycles. The monoisotopic (exact) mass is 176 g/mol.